The Morgan fingerprint density at radius 3 is 2.82 bits per heavy atom. The molecular formula is C16H22N6O5S. The molecule has 28 heavy (non-hydrogen) atoms. The van der Waals surface area contributed by atoms with Gasteiger partial charge in [0.15, 0.2) is 28.4 Å². The quantitative estimate of drug-likeness (QED) is 0.207. The van der Waals surface area contributed by atoms with Crippen LogP contribution in [0.25, 0.3) is 11.2 Å². The first-order valence-corrected chi connectivity index (χ1v) is 10.0. The molecule has 0 saturated carbocycles. The zero-order valence-corrected chi connectivity index (χ0v) is 16.2. The molecule has 12 heteroatoms. The lowest BCUT2D eigenvalue weighted by molar-refractivity contribution is -0.131. The predicted octanol–water partition coefficient (Wildman–Crippen LogP) is 0.415. The van der Waals surface area contributed by atoms with Crippen LogP contribution in [0.2, 0.25) is 0 Å². The number of aliphatic hydroxyl groups is 2. The zero-order valence-electron chi connectivity index (χ0n) is 15.4. The van der Waals surface area contributed by atoms with E-state index < -0.39 is 30.5 Å². The summed E-state index contributed by atoms with van der Waals surface area (Å²) >= 11 is 1.34. The van der Waals surface area contributed by atoms with Crippen LogP contribution in [-0.4, -0.2) is 77.4 Å². The summed E-state index contributed by atoms with van der Waals surface area (Å²) in [5.74, 6) is -0.649. The fourth-order valence-electron chi connectivity index (χ4n) is 2.80. The van der Waals surface area contributed by atoms with Crippen molar-refractivity contribution in [3.63, 3.8) is 0 Å². The first-order valence-electron chi connectivity index (χ1n) is 8.79. The number of rotatable bonds is 8. The van der Waals surface area contributed by atoms with E-state index in [1.807, 2.05) is 6.26 Å². The zero-order chi connectivity index (χ0) is 20.3. The second-order valence-electron chi connectivity index (χ2n) is 6.22. The van der Waals surface area contributed by atoms with Gasteiger partial charge in [0.2, 0.25) is 0 Å². The van der Waals surface area contributed by atoms with Gasteiger partial charge in [-0.1, -0.05) is 30.3 Å². The van der Waals surface area contributed by atoms with Crippen LogP contribution in [0.4, 0.5) is 5.82 Å². The monoisotopic (exact) mass is 410 g/mol. The fraction of sp³-hybridized carbons (Fsp3) is 0.562. The van der Waals surface area contributed by atoms with Gasteiger partial charge in [0.1, 0.15) is 18.3 Å². The van der Waals surface area contributed by atoms with Crippen molar-refractivity contribution in [2.75, 3.05) is 18.1 Å². The van der Waals surface area contributed by atoms with Crippen molar-refractivity contribution in [2.24, 2.45) is 0 Å². The Hall–Kier alpha value is -2.28. The van der Waals surface area contributed by atoms with E-state index in [9.17, 15) is 15.0 Å². The van der Waals surface area contributed by atoms with Gasteiger partial charge in [-0.15, -0.1) is 5.10 Å². The number of aliphatic hydroxyl groups excluding tert-OH is 2. The molecule has 0 amide bonds. The number of ether oxygens (including phenoxy) is 1. The highest BCUT2D eigenvalue weighted by Crippen LogP contribution is 2.32. The van der Waals surface area contributed by atoms with Crippen LogP contribution in [0.15, 0.2) is 17.3 Å². The Kier molecular flexibility index (Phi) is 6.44. The summed E-state index contributed by atoms with van der Waals surface area (Å²) in [7, 11) is 0. The van der Waals surface area contributed by atoms with Crippen molar-refractivity contribution in [1.29, 1.82) is 0 Å². The number of carboxylic acid groups (broad SMARTS) is 1. The fourth-order valence-corrected chi connectivity index (χ4v) is 3.16. The molecule has 4 N–H and O–H groups in total. The molecular weight excluding hydrogens is 388 g/mol. The number of carboxylic acids is 1. The SMILES string of the molecule is CCCCNc1nc(SC)nc2c1nnn2[C@@H]1O[C@H](/C=C/C(=O)O)[C@@H](O)[C@H]1O. The summed E-state index contributed by atoms with van der Waals surface area (Å²) < 4.78 is 6.91. The summed E-state index contributed by atoms with van der Waals surface area (Å²) in [5.41, 5.74) is 0.765. The standard InChI is InChI=1S/C16H22N6O5S/c1-3-4-7-17-13-10-14(19-16(18-13)28-2)22(21-20-10)15-12(26)11(25)8(27-15)5-6-9(23)24/h5-6,8,11-12,15,25-26H,3-4,7H2,1-2H3,(H,23,24)(H,17,18,19)/b6-5+/t8-,11-,12-,15-/m1/s1. The Morgan fingerprint density at radius 2 is 2.14 bits per heavy atom. The van der Waals surface area contributed by atoms with Crippen molar-refractivity contribution in [3.05, 3.63) is 12.2 Å². The first kappa shape index (κ1) is 20.5. The number of unbranched alkanes of at least 4 members (excludes halogenated alkanes) is 1. The molecule has 3 rings (SSSR count). The summed E-state index contributed by atoms with van der Waals surface area (Å²) in [6, 6.07) is 0. The predicted molar refractivity (Wildman–Crippen MR) is 101 cm³/mol. The van der Waals surface area contributed by atoms with Gasteiger partial charge < -0.3 is 25.4 Å². The van der Waals surface area contributed by atoms with E-state index in [0.717, 1.165) is 18.9 Å². The van der Waals surface area contributed by atoms with Gasteiger partial charge in [-0.3, -0.25) is 0 Å². The van der Waals surface area contributed by atoms with Crippen molar-refractivity contribution >= 4 is 34.7 Å². The minimum atomic E-state index is -1.34. The average Bonchev–Trinajstić information content (AvgIpc) is 3.22. The summed E-state index contributed by atoms with van der Waals surface area (Å²) in [4.78, 5) is 19.5. The van der Waals surface area contributed by atoms with Crippen LogP contribution in [0.5, 0.6) is 0 Å². The molecule has 1 fully saturated rings. The molecule has 1 saturated heterocycles. The van der Waals surface area contributed by atoms with E-state index >= 15 is 0 Å². The van der Waals surface area contributed by atoms with Crippen LogP contribution >= 0.6 is 11.8 Å². The molecule has 0 radical (unpaired) electrons. The van der Waals surface area contributed by atoms with E-state index in [1.54, 1.807) is 0 Å². The molecule has 0 aromatic carbocycles. The van der Waals surface area contributed by atoms with Crippen molar-refractivity contribution in [2.45, 2.75) is 49.5 Å². The topological polar surface area (TPSA) is 156 Å². The van der Waals surface area contributed by atoms with Crippen molar-refractivity contribution < 1.29 is 24.9 Å². The van der Waals surface area contributed by atoms with E-state index in [2.05, 4.69) is 32.5 Å². The molecule has 1 aliphatic heterocycles. The molecule has 11 nitrogen and oxygen atoms in total. The number of aliphatic carboxylic acids is 1. The van der Waals surface area contributed by atoms with Crippen molar-refractivity contribution in [1.82, 2.24) is 25.0 Å². The van der Waals surface area contributed by atoms with E-state index in [-0.39, 0.29) is 0 Å². The van der Waals surface area contributed by atoms with E-state index in [4.69, 9.17) is 9.84 Å². The van der Waals surface area contributed by atoms with Crippen molar-refractivity contribution in [3.8, 4) is 0 Å². The lowest BCUT2D eigenvalue weighted by atomic mass is 10.1. The number of fused-ring (bicyclic) bond motifs is 1. The number of nitrogens with zero attached hydrogens (tertiary/aromatic N) is 5. The molecule has 0 unspecified atom stereocenters. The number of nitrogens with one attached hydrogen (secondary N) is 1. The Bertz CT molecular complexity index is 875. The number of carbonyl (C=O) groups is 1. The third-order valence-electron chi connectivity index (χ3n) is 4.25. The van der Waals surface area contributed by atoms with Gasteiger partial charge in [0.05, 0.1) is 0 Å². The number of thioether (sulfide) groups is 1. The van der Waals surface area contributed by atoms with Gasteiger partial charge in [-0.2, -0.15) is 4.68 Å². The molecule has 4 atom stereocenters. The largest absolute Gasteiger partial charge is 0.478 e. The maximum Gasteiger partial charge on any atom is 0.328 e. The molecule has 2 aromatic rings. The molecule has 0 bridgehead atoms. The minimum absolute atomic E-state index is 0.345. The van der Waals surface area contributed by atoms with Gasteiger partial charge in [-0.25, -0.2) is 14.8 Å². The minimum Gasteiger partial charge on any atom is -0.478 e. The Labute approximate surface area is 164 Å². The molecule has 152 valence electrons. The maximum atomic E-state index is 10.7. The second kappa shape index (κ2) is 8.82. The van der Waals surface area contributed by atoms with Gasteiger partial charge >= 0.3 is 5.97 Å². The number of aromatic nitrogens is 5. The maximum absolute atomic E-state index is 10.7. The number of hydrogen-bond acceptors (Lipinski definition) is 10. The molecule has 3 heterocycles. The lowest BCUT2D eigenvalue weighted by Crippen LogP contribution is -2.31. The smallest absolute Gasteiger partial charge is 0.328 e. The highest BCUT2D eigenvalue weighted by atomic mass is 32.2. The Balaban J connectivity index is 1.95. The van der Waals surface area contributed by atoms with Crippen LogP contribution in [0.1, 0.15) is 26.0 Å². The summed E-state index contributed by atoms with van der Waals surface area (Å²) in [5, 5.41) is 41.2. The van der Waals surface area contributed by atoms with Gasteiger partial charge in [0, 0.05) is 12.6 Å². The molecule has 2 aromatic heterocycles. The normalized spacial score (nSPS) is 25.0. The van der Waals surface area contributed by atoms with Crippen LogP contribution in [0, 0.1) is 0 Å². The summed E-state index contributed by atoms with van der Waals surface area (Å²) in [6.45, 7) is 2.80. The van der Waals surface area contributed by atoms with Crippen LogP contribution in [0.3, 0.4) is 0 Å². The number of hydrogen-bond donors (Lipinski definition) is 4. The Morgan fingerprint density at radius 1 is 1.36 bits per heavy atom. The van der Waals surface area contributed by atoms with Gasteiger partial charge in [-0.05, 0) is 18.8 Å². The highest BCUT2D eigenvalue weighted by molar-refractivity contribution is 7.98. The van der Waals surface area contributed by atoms with E-state index in [1.165, 1.54) is 22.5 Å². The third kappa shape index (κ3) is 4.09. The van der Waals surface area contributed by atoms with Crippen LogP contribution < -0.4 is 5.32 Å². The lowest BCUT2D eigenvalue weighted by Gasteiger charge is -2.15. The molecule has 0 aliphatic carbocycles. The molecule has 1 aliphatic rings. The summed E-state index contributed by atoms with van der Waals surface area (Å²) in [6.07, 6.45) is 1.12. The highest BCUT2D eigenvalue weighted by Gasteiger charge is 2.44. The first-order chi connectivity index (χ1) is 13.5. The molecule has 0 spiro atoms. The number of anilines is 1. The van der Waals surface area contributed by atoms with Crippen LogP contribution in [-0.2, 0) is 9.53 Å². The van der Waals surface area contributed by atoms with Gasteiger partial charge in [0.25, 0.3) is 0 Å². The average molecular weight is 410 g/mol. The van der Waals surface area contributed by atoms with E-state index in [0.29, 0.717) is 28.7 Å². The third-order valence-corrected chi connectivity index (χ3v) is 4.80. The second-order valence-corrected chi connectivity index (χ2v) is 6.99.